The molecule has 6 rings (SSSR count). The zero-order valence-electron chi connectivity index (χ0n) is 33.0. The molecule has 0 spiro atoms. The summed E-state index contributed by atoms with van der Waals surface area (Å²) in [5.41, 5.74) is 6.57. The summed E-state index contributed by atoms with van der Waals surface area (Å²) in [5, 5.41) is 4.48. The fraction of sp³-hybridized carbons (Fsp3) is 0.269. The third-order valence-corrected chi connectivity index (χ3v) is 15.2. The number of unbranched alkanes of at least 4 members (excludes halogenated alkanes) is 7. The lowest BCUT2D eigenvalue weighted by Gasteiger charge is -2.27. The van der Waals surface area contributed by atoms with E-state index in [4.69, 9.17) is 4.74 Å². The highest BCUT2D eigenvalue weighted by molar-refractivity contribution is 7.95. The van der Waals surface area contributed by atoms with Gasteiger partial charge in [-0.25, -0.2) is 0 Å². The highest BCUT2D eigenvalue weighted by Crippen LogP contribution is 2.56. The van der Waals surface area contributed by atoms with Crippen molar-refractivity contribution in [3.63, 3.8) is 0 Å². The molecule has 0 bridgehead atoms. The molecule has 3 heteroatoms. The van der Waals surface area contributed by atoms with E-state index in [9.17, 15) is 0 Å². The molecule has 0 aromatic heterocycles. The summed E-state index contributed by atoms with van der Waals surface area (Å²) in [6.45, 7) is 1.58. The molecule has 0 saturated carbocycles. The second-order valence-electron chi connectivity index (χ2n) is 14.9. The first-order valence-corrected chi connectivity index (χ1v) is 22.4. The first-order valence-electron chi connectivity index (χ1n) is 20.4. The first-order chi connectivity index (χ1) is 27.1. The van der Waals surface area contributed by atoms with Crippen molar-refractivity contribution in [3.05, 3.63) is 193 Å². The molecule has 55 heavy (non-hydrogen) atoms. The number of nitrogens with zero attached hydrogens (tertiary/aromatic N) is 1. The maximum Gasteiger partial charge on any atom is 0.119 e. The smallest absolute Gasteiger partial charge is 0.119 e. The molecule has 0 aliphatic heterocycles. The molecular weight excluding hydrogens is 686 g/mol. The normalized spacial score (nSPS) is 12.1. The van der Waals surface area contributed by atoms with Crippen LogP contribution in [0.4, 0.5) is 0 Å². The van der Waals surface area contributed by atoms with Crippen LogP contribution >= 0.6 is 7.26 Å². The fourth-order valence-electron chi connectivity index (χ4n) is 7.83. The molecule has 282 valence electrons. The third kappa shape index (κ3) is 11.2. The minimum atomic E-state index is -1.73. The predicted octanol–water partition coefficient (Wildman–Crippen LogP) is 12.1. The molecule has 6 aromatic rings. The van der Waals surface area contributed by atoms with E-state index in [0.717, 1.165) is 18.7 Å². The molecule has 0 amide bonds. The predicted molar refractivity (Wildman–Crippen MR) is 241 cm³/mol. The van der Waals surface area contributed by atoms with E-state index < -0.39 is 7.26 Å². The number of hydrogen-bond donors (Lipinski definition) is 0. The molecule has 0 unspecified atom stereocenters. The van der Waals surface area contributed by atoms with Crippen LogP contribution in [0.5, 0.6) is 5.75 Å². The van der Waals surface area contributed by atoms with Crippen LogP contribution in [0.1, 0.15) is 74.5 Å². The van der Waals surface area contributed by atoms with Gasteiger partial charge in [0.15, 0.2) is 0 Å². The van der Waals surface area contributed by atoms with Crippen molar-refractivity contribution in [2.45, 2.75) is 57.8 Å². The van der Waals surface area contributed by atoms with E-state index in [-0.39, 0.29) is 0 Å². The molecule has 0 aliphatic carbocycles. The molecule has 0 fully saturated rings. The summed E-state index contributed by atoms with van der Waals surface area (Å²) in [5.74, 6) is 0.920. The van der Waals surface area contributed by atoms with Crippen molar-refractivity contribution in [2.75, 3.05) is 33.4 Å². The largest absolute Gasteiger partial charge is 0.492 e. The van der Waals surface area contributed by atoms with Gasteiger partial charge >= 0.3 is 0 Å². The van der Waals surface area contributed by atoms with Crippen LogP contribution in [-0.4, -0.2) is 38.3 Å². The van der Waals surface area contributed by atoms with Gasteiger partial charge in [0, 0.05) is 6.54 Å². The molecule has 0 radical (unpaired) electrons. The summed E-state index contributed by atoms with van der Waals surface area (Å²) in [7, 11) is 2.42. The molecule has 6 aromatic carbocycles. The fourth-order valence-corrected chi connectivity index (χ4v) is 12.2. The highest BCUT2D eigenvalue weighted by atomic mass is 31.2. The van der Waals surface area contributed by atoms with Gasteiger partial charge in [0.25, 0.3) is 0 Å². The van der Waals surface area contributed by atoms with Crippen molar-refractivity contribution in [1.29, 1.82) is 0 Å². The highest BCUT2D eigenvalue weighted by Gasteiger charge is 2.44. The Bertz CT molecular complexity index is 1880. The molecule has 0 aliphatic rings. The monoisotopic (exact) mass is 744 g/mol. The van der Waals surface area contributed by atoms with Crippen molar-refractivity contribution in [1.82, 2.24) is 4.90 Å². The Morgan fingerprint density at radius 2 is 0.836 bits per heavy atom. The van der Waals surface area contributed by atoms with Crippen LogP contribution in [0.2, 0.25) is 0 Å². The van der Waals surface area contributed by atoms with Crippen LogP contribution in [0.3, 0.4) is 0 Å². The van der Waals surface area contributed by atoms with Gasteiger partial charge in [-0.3, -0.25) is 0 Å². The van der Waals surface area contributed by atoms with Crippen molar-refractivity contribution in [3.8, 4) is 5.75 Å². The molecule has 0 atom stereocenters. The third-order valence-electron chi connectivity index (χ3n) is 10.7. The summed E-state index contributed by atoms with van der Waals surface area (Å²) in [6, 6.07) is 64.7. The van der Waals surface area contributed by atoms with Crippen molar-refractivity contribution in [2.24, 2.45) is 0 Å². The van der Waals surface area contributed by atoms with Gasteiger partial charge in [0.1, 0.15) is 35.5 Å². The summed E-state index contributed by atoms with van der Waals surface area (Å²) in [6.07, 6.45) is 12.5. The van der Waals surface area contributed by atoms with E-state index in [1.165, 1.54) is 101 Å². The Balaban J connectivity index is 1.06. The van der Waals surface area contributed by atoms with Gasteiger partial charge in [-0.15, -0.1) is 0 Å². The molecule has 0 N–H and O–H groups in total. The standard InChI is InChI=1S/C52H59NOP/c1-53(2)41-42-54-47-39-37-46(38-40-47)52(45-28-16-10-17-29-45)51(44-26-14-9-15-27-44)36-24-7-5-3-4-6-8-25-43-55(48-30-18-11-19-31-48,49-32-20-12-21-33-49)50-34-22-13-23-35-50/h9-23,26-35,37-40H,3-8,24-25,36,41-43H2,1-2H3/q+1. The lowest BCUT2D eigenvalue weighted by Crippen LogP contribution is -2.33. The second kappa shape index (κ2) is 21.4. The number of ether oxygens (including phenoxy) is 1. The van der Waals surface area contributed by atoms with Crippen LogP contribution in [0.25, 0.3) is 11.1 Å². The SMILES string of the molecule is CN(C)CCOc1ccc(C(=C(CCCCCCCCCC[P+](c2ccccc2)(c2ccccc2)c2ccccc2)c2ccccc2)c2ccccc2)cc1. The topological polar surface area (TPSA) is 12.5 Å². The molecule has 0 heterocycles. The van der Waals surface area contributed by atoms with E-state index in [2.05, 4.69) is 195 Å². The van der Waals surface area contributed by atoms with E-state index >= 15 is 0 Å². The second-order valence-corrected chi connectivity index (χ2v) is 18.5. The minimum Gasteiger partial charge on any atom is -0.492 e. The number of hydrogen-bond acceptors (Lipinski definition) is 2. The number of benzene rings is 6. The summed E-state index contributed by atoms with van der Waals surface area (Å²) < 4.78 is 6.05. The van der Waals surface area contributed by atoms with Gasteiger partial charge in [-0.05, 0) is 116 Å². The van der Waals surface area contributed by atoms with E-state index in [1.807, 2.05) is 0 Å². The maximum atomic E-state index is 6.05. The van der Waals surface area contributed by atoms with Crippen molar-refractivity contribution < 1.29 is 4.74 Å². The zero-order valence-corrected chi connectivity index (χ0v) is 33.9. The Morgan fingerprint density at radius 3 is 1.31 bits per heavy atom. The van der Waals surface area contributed by atoms with Crippen LogP contribution < -0.4 is 20.7 Å². The summed E-state index contributed by atoms with van der Waals surface area (Å²) >= 11 is 0. The number of likely N-dealkylation sites (N-methyl/N-ethyl adjacent to an activating group) is 1. The molecule has 2 nitrogen and oxygen atoms in total. The maximum absolute atomic E-state index is 6.05. The number of allylic oxidation sites excluding steroid dienone is 1. The van der Waals surface area contributed by atoms with Gasteiger partial charge < -0.3 is 9.64 Å². The van der Waals surface area contributed by atoms with Gasteiger partial charge in [0.2, 0.25) is 0 Å². The molecule has 0 saturated heterocycles. The Labute approximate surface area is 332 Å². The Morgan fingerprint density at radius 1 is 0.436 bits per heavy atom. The average Bonchev–Trinajstić information content (AvgIpc) is 3.24. The lowest BCUT2D eigenvalue weighted by atomic mass is 9.86. The Kier molecular flexibility index (Phi) is 15.5. The van der Waals surface area contributed by atoms with E-state index in [1.54, 1.807) is 0 Å². The van der Waals surface area contributed by atoms with Crippen molar-refractivity contribution >= 4 is 34.3 Å². The minimum absolute atomic E-state index is 0.682. The van der Waals surface area contributed by atoms with Gasteiger partial charge in [-0.2, -0.15) is 0 Å². The number of rotatable bonds is 21. The Hall–Kier alpha value is -4.75. The average molecular weight is 745 g/mol. The van der Waals surface area contributed by atoms with Gasteiger partial charge in [0.05, 0.1) is 6.16 Å². The van der Waals surface area contributed by atoms with Crippen LogP contribution in [-0.2, 0) is 0 Å². The van der Waals surface area contributed by atoms with E-state index in [0.29, 0.717) is 6.61 Å². The first kappa shape index (κ1) is 39.9. The quantitative estimate of drug-likeness (QED) is 0.0413. The lowest BCUT2D eigenvalue weighted by molar-refractivity contribution is 0.261. The van der Waals surface area contributed by atoms with Crippen LogP contribution in [0, 0.1) is 0 Å². The molecular formula is C52H59NOP+. The zero-order chi connectivity index (χ0) is 38.0. The van der Waals surface area contributed by atoms with Gasteiger partial charge in [-0.1, -0.05) is 159 Å². The summed E-state index contributed by atoms with van der Waals surface area (Å²) in [4.78, 5) is 2.15. The van der Waals surface area contributed by atoms with Crippen LogP contribution in [0.15, 0.2) is 176 Å².